The molecular formula is C13H10Cl2N2. The van der Waals surface area contributed by atoms with Crippen molar-refractivity contribution in [3.05, 3.63) is 63.9 Å². The molecule has 86 valence electrons. The van der Waals surface area contributed by atoms with Crippen molar-refractivity contribution in [1.29, 1.82) is 0 Å². The third-order valence-electron chi connectivity index (χ3n) is 2.23. The van der Waals surface area contributed by atoms with Gasteiger partial charge in [0.05, 0.1) is 10.7 Å². The fourth-order valence-electron chi connectivity index (χ4n) is 1.42. The van der Waals surface area contributed by atoms with E-state index in [-0.39, 0.29) is 0 Å². The normalized spacial score (nSPS) is 11.5. The minimum absolute atomic E-state index is 0.530. The van der Waals surface area contributed by atoms with E-state index >= 15 is 0 Å². The topological polar surface area (TPSA) is 38.9 Å². The summed E-state index contributed by atoms with van der Waals surface area (Å²) >= 11 is 11.9. The third-order valence-corrected chi connectivity index (χ3v) is 2.78. The molecule has 2 rings (SSSR count). The first-order chi connectivity index (χ1) is 8.16. The van der Waals surface area contributed by atoms with Crippen molar-refractivity contribution >= 4 is 35.0 Å². The number of hydrogen-bond donors (Lipinski definition) is 1. The Labute approximate surface area is 110 Å². The minimum atomic E-state index is 0.530. The predicted octanol–water partition coefficient (Wildman–Crippen LogP) is 3.85. The van der Waals surface area contributed by atoms with Crippen LogP contribution in [0.15, 0.2) is 42.6 Å². The first kappa shape index (κ1) is 12.0. The Morgan fingerprint density at radius 3 is 2.65 bits per heavy atom. The van der Waals surface area contributed by atoms with Crippen molar-refractivity contribution in [3.63, 3.8) is 0 Å². The average molecular weight is 265 g/mol. The summed E-state index contributed by atoms with van der Waals surface area (Å²) in [5.41, 5.74) is 8.07. The van der Waals surface area contributed by atoms with E-state index in [1.54, 1.807) is 30.5 Å². The second-order valence-corrected chi connectivity index (χ2v) is 4.32. The molecule has 0 saturated carbocycles. The highest BCUT2D eigenvalue weighted by Gasteiger charge is 2.04. The lowest BCUT2D eigenvalue weighted by molar-refractivity contribution is 1.29. The third kappa shape index (κ3) is 2.99. The molecule has 0 radical (unpaired) electrons. The lowest BCUT2D eigenvalue weighted by Crippen LogP contribution is -1.97. The molecule has 0 atom stereocenters. The number of rotatable bonds is 2. The van der Waals surface area contributed by atoms with Gasteiger partial charge in [-0.1, -0.05) is 29.3 Å². The van der Waals surface area contributed by atoms with Crippen LogP contribution in [0.4, 0.5) is 0 Å². The van der Waals surface area contributed by atoms with Crippen LogP contribution in [0.1, 0.15) is 11.3 Å². The smallest absolute Gasteiger partial charge is 0.0650 e. The fraction of sp³-hybridized carbons (Fsp3) is 0. The van der Waals surface area contributed by atoms with Crippen molar-refractivity contribution in [3.8, 4) is 0 Å². The van der Waals surface area contributed by atoms with Crippen LogP contribution in [0, 0.1) is 0 Å². The molecule has 1 aromatic heterocycles. The van der Waals surface area contributed by atoms with Crippen molar-refractivity contribution in [1.82, 2.24) is 4.98 Å². The molecule has 1 heterocycles. The van der Waals surface area contributed by atoms with E-state index in [4.69, 9.17) is 28.9 Å². The summed E-state index contributed by atoms with van der Waals surface area (Å²) in [4.78, 5) is 4.17. The maximum atomic E-state index is 6.06. The number of nitrogens with two attached hydrogens (primary N) is 1. The van der Waals surface area contributed by atoms with Crippen molar-refractivity contribution in [2.75, 3.05) is 0 Å². The van der Waals surface area contributed by atoms with Gasteiger partial charge >= 0.3 is 0 Å². The standard InChI is InChI=1S/C13H10Cl2N2/c14-9-4-5-11(12(15)7-9)13(16)8-10-3-1-2-6-17-10/h1-8H,16H2/b13-8+. The average Bonchev–Trinajstić information content (AvgIpc) is 2.30. The summed E-state index contributed by atoms with van der Waals surface area (Å²) in [6.07, 6.45) is 3.48. The van der Waals surface area contributed by atoms with Crippen LogP contribution in [0.2, 0.25) is 10.0 Å². The van der Waals surface area contributed by atoms with Gasteiger partial charge in [-0.25, -0.2) is 0 Å². The number of aromatic nitrogens is 1. The maximum Gasteiger partial charge on any atom is 0.0650 e. The number of nitrogens with zero attached hydrogens (tertiary/aromatic N) is 1. The summed E-state index contributed by atoms with van der Waals surface area (Å²) in [7, 11) is 0. The molecule has 0 saturated heterocycles. The Morgan fingerprint density at radius 2 is 2.00 bits per heavy atom. The summed E-state index contributed by atoms with van der Waals surface area (Å²) in [6, 6.07) is 10.8. The van der Waals surface area contributed by atoms with Gasteiger partial charge in [-0.3, -0.25) is 4.98 Å². The number of halogens is 2. The second-order valence-electron chi connectivity index (χ2n) is 3.48. The first-order valence-electron chi connectivity index (χ1n) is 5.00. The Balaban J connectivity index is 2.37. The Morgan fingerprint density at radius 1 is 1.18 bits per heavy atom. The molecule has 2 nitrogen and oxygen atoms in total. The number of pyridine rings is 1. The molecule has 0 amide bonds. The molecule has 2 N–H and O–H groups in total. The Kier molecular flexibility index (Phi) is 3.67. The highest BCUT2D eigenvalue weighted by atomic mass is 35.5. The largest absolute Gasteiger partial charge is 0.398 e. The van der Waals surface area contributed by atoms with Gasteiger partial charge in [0, 0.05) is 22.5 Å². The van der Waals surface area contributed by atoms with Crippen LogP contribution in [-0.2, 0) is 0 Å². The van der Waals surface area contributed by atoms with Crippen LogP contribution >= 0.6 is 23.2 Å². The van der Waals surface area contributed by atoms with Gasteiger partial charge in [-0.05, 0) is 36.4 Å². The molecule has 2 aromatic rings. The summed E-state index contributed by atoms with van der Waals surface area (Å²) < 4.78 is 0. The van der Waals surface area contributed by atoms with Gasteiger partial charge in [-0.2, -0.15) is 0 Å². The molecule has 17 heavy (non-hydrogen) atoms. The monoisotopic (exact) mass is 264 g/mol. The SMILES string of the molecule is N/C(=C/c1ccccn1)c1ccc(Cl)cc1Cl. The van der Waals surface area contributed by atoms with Gasteiger partial charge in [0.2, 0.25) is 0 Å². The fourth-order valence-corrected chi connectivity index (χ4v) is 1.94. The van der Waals surface area contributed by atoms with Gasteiger partial charge in [0.15, 0.2) is 0 Å². The molecular weight excluding hydrogens is 255 g/mol. The van der Waals surface area contributed by atoms with E-state index in [1.807, 2.05) is 18.2 Å². The predicted molar refractivity (Wildman–Crippen MR) is 72.8 cm³/mol. The zero-order valence-electron chi connectivity index (χ0n) is 8.90. The van der Waals surface area contributed by atoms with Crippen LogP contribution in [0.3, 0.4) is 0 Å². The molecule has 0 bridgehead atoms. The number of hydrogen-bond acceptors (Lipinski definition) is 2. The Bertz CT molecular complexity index is 551. The van der Waals surface area contributed by atoms with E-state index in [0.717, 1.165) is 11.3 Å². The van der Waals surface area contributed by atoms with Gasteiger partial charge in [-0.15, -0.1) is 0 Å². The highest BCUT2D eigenvalue weighted by Crippen LogP contribution is 2.25. The van der Waals surface area contributed by atoms with Crippen LogP contribution in [0.5, 0.6) is 0 Å². The summed E-state index contributed by atoms with van der Waals surface area (Å²) in [6.45, 7) is 0. The molecule has 0 fully saturated rings. The van der Waals surface area contributed by atoms with Gasteiger partial charge < -0.3 is 5.73 Å². The second kappa shape index (κ2) is 5.21. The van der Waals surface area contributed by atoms with Crippen LogP contribution in [-0.4, -0.2) is 4.98 Å². The highest BCUT2D eigenvalue weighted by molar-refractivity contribution is 6.35. The van der Waals surface area contributed by atoms with Gasteiger partial charge in [0.25, 0.3) is 0 Å². The van der Waals surface area contributed by atoms with E-state index in [9.17, 15) is 0 Å². The van der Waals surface area contributed by atoms with Crippen LogP contribution < -0.4 is 5.73 Å². The quantitative estimate of drug-likeness (QED) is 0.895. The zero-order valence-corrected chi connectivity index (χ0v) is 10.4. The van der Waals surface area contributed by atoms with E-state index in [0.29, 0.717) is 15.7 Å². The van der Waals surface area contributed by atoms with E-state index in [1.165, 1.54) is 0 Å². The first-order valence-corrected chi connectivity index (χ1v) is 5.76. The molecule has 0 aliphatic carbocycles. The van der Waals surface area contributed by atoms with E-state index < -0.39 is 0 Å². The molecule has 1 aromatic carbocycles. The molecule has 0 aliphatic heterocycles. The summed E-state index contributed by atoms with van der Waals surface area (Å²) in [5, 5.41) is 1.12. The molecule has 4 heteroatoms. The van der Waals surface area contributed by atoms with Crippen molar-refractivity contribution in [2.45, 2.75) is 0 Å². The number of benzene rings is 1. The summed E-state index contributed by atoms with van der Waals surface area (Å²) in [5.74, 6) is 0. The molecule has 0 spiro atoms. The maximum absolute atomic E-state index is 6.06. The zero-order chi connectivity index (χ0) is 12.3. The van der Waals surface area contributed by atoms with Crippen molar-refractivity contribution in [2.24, 2.45) is 5.73 Å². The molecule has 0 aliphatic rings. The van der Waals surface area contributed by atoms with Crippen molar-refractivity contribution < 1.29 is 0 Å². The van der Waals surface area contributed by atoms with E-state index in [2.05, 4.69) is 4.98 Å². The minimum Gasteiger partial charge on any atom is -0.398 e. The molecule has 0 unspecified atom stereocenters. The lowest BCUT2D eigenvalue weighted by atomic mass is 10.1. The lowest BCUT2D eigenvalue weighted by Gasteiger charge is -2.05. The Hall–Kier alpha value is -1.51. The van der Waals surface area contributed by atoms with Crippen LogP contribution in [0.25, 0.3) is 11.8 Å². The van der Waals surface area contributed by atoms with Gasteiger partial charge in [0.1, 0.15) is 0 Å².